The zero-order chi connectivity index (χ0) is 11.3. The molecule has 0 saturated carbocycles. The molecule has 0 unspecified atom stereocenters. The summed E-state index contributed by atoms with van der Waals surface area (Å²) in [5.41, 5.74) is 1.96. The van der Waals surface area contributed by atoms with Crippen LogP contribution in [0, 0.1) is 0 Å². The third-order valence-corrected chi connectivity index (χ3v) is 3.41. The van der Waals surface area contributed by atoms with Crippen molar-refractivity contribution in [2.75, 3.05) is 0 Å². The van der Waals surface area contributed by atoms with Crippen LogP contribution in [0.4, 0.5) is 0 Å². The van der Waals surface area contributed by atoms with Crippen LogP contribution in [-0.4, -0.2) is 9.67 Å². The van der Waals surface area contributed by atoms with Crippen molar-refractivity contribution >= 4 is 10.9 Å². The van der Waals surface area contributed by atoms with Crippen LogP contribution in [0.5, 0.6) is 5.75 Å². The number of rotatable bonds is 0. The fourth-order valence-corrected chi connectivity index (χ4v) is 2.59. The van der Waals surface area contributed by atoms with Crippen LogP contribution in [0.3, 0.4) is 0 Å². The van der Waals surface area contributed by atoms with E-state index in [1.165, 1.54) is 6.07 Å². The maximum absolute atomic E-state index is 11.9. The van der Waals surface area contributed by atoms with Crippen molar-refractivity contribution in [2.24, 2.45) is 0 Å². The van der Waals surface area contributed by atoms with E-state index in [1.54, 1.807) is 4.57 Å². The lowest BCUT2D eigenvalue weighted by atomic mass is 9.97. The topological polar surface area (TPSA) is 42.2 Å². The summed E-state index contributed by atoms with van der Waals surface area (Å²) in [5.74, 6) is 0.0900. The van der Waals surface area contributed by atoms with Crippen molar-refractivity contribution < 1.29 is 5.11 Å². The van der Waals surface area contributed by atoms with E-state index in [2.05, 4.69) is 0 Å². The summed E-state index contributed by atoms with van der Waals surface area (Å²) in [7, 11) is 0. The highest BCUT2D eigenvalue weighted by Gasteiger charge is 2.20. The maximum atomic E-state index is 11.9. The third-order valence-electron chi connectivity index (χ3n) is 3.41. The Bertz CT molecular complexity index is 628. The number of para-hydroxylation sites is 1. The van der Waals surface area contributed by atoms with Gasteiger partial charge in [-0.2, -0.15) is 0 Å². The fraction of sp³-hybridized carbons (Fsp3) is 0.308. The number of pyridine rings is 1. The Morgan fingerprint density at radius 1 is 1.44 bits per heavy atom. The average Bonchev–Trinajstić information content (AvgIpc) is 2.26. The van der Waals surface area contributed by atoms with Crippen LogP contribution < -0.4 is 5.56 Å². The number of aryl methyl sites for hydroxylation is 1. The minimum Gasteiger partial charge on any atom is -0.507 e. The summed E-state index contributed by atoms with van der Waals surface area (Å²) in [4.78, 5) is 11.9. The molecule has 1 aliphatic rings. The van der Waals surface area contributed by atoms with Crippen molar-refractivity contribution in [1.29, 1.82) is 0 Å². The van der Waals surface area contributed by atoms with E-state index in [0.29, 0.717) is 0 Å². The van der Waals surface area contributed by atoms with E-state index in [-0.39, 0.29) is 17.4 Å². The molecule has 1 N–H and O–H groups in total. The van der Waals surface area contributed by atoms with Gasteiger partial charge in [-0.1, -0.05) is 12.1 Å². The fourth-order valence-electron chi connectivity index (χ4n) is 2.59. The van der Waals surface area contributed by atoms with Crippen LogP contribution in [0.15, 0.2) is 29.1 Å². The van der Waals surface area contributed by atoms with Gasteiger partial charge >= 0.3 is 0 Å². The SMILES string of the molecule is C[C@H]1CCc2cccc3c(O)cc(=O)n1c23. The molecule has 82 valence electrons. The van der Waals surface area contributed by atoms with Gasteiger partial charge in [-0.05, 0) is 31.4 Å². The van der Waals surface area contributed by atoms with E-state index in [9.17, 15) is 9.90 Å². The molecule has 2 aromatic rings. The van der Waals surface area contributed by atoms with Gasteiger partial charge in [0.25, 0.3) is 5.56 Å². The van der Waals surface area contributed by atoms with E-state index in [0.717, 1.165) is 29.3 Å². The number of aromatic nitrogens is 1. The first kappa shape index (κ1) is 9.46. The van der Waals surface area contributed by atoms with Gasteiger partial charge in [-0.15, -0.1) is 0 Å². The third kappa shape index (κ3) is 1.11. The van der Waals surface area contributed by atoms with Crippen LogP contribution in [-0.2, 0) is 6.42 Å². The second kappa shape index (κ2) is 3.11. The van der Waals surface area contributed by atoms with Crippen molar-refractivity contribution in [3.05, 3.63) is 40.2 Å². The van der Waals surface area contributed by atoms with Crippen molar-refractivity contribution in [3.8, 4) is 5.75 Å². The van der Waals surface area contributed by atoms with Crippen LogP contribution in [0.25, 0.3) is 10.9 Å². The Balaban J connectivity index is 2.58. The molecule has 3 nitrogen and oxygen atoms in total. The Morgan fingerprint density at radius 2 is 2.25 bits per heavy atom. The van der Waals surface area contributed by atoms with Gasteiger partial charge in [0.2, 0.25) is 0 Å². The lowest BCUT2D eigenvalue weighted by Crippen LogP contribution is -2.26. The van der Waals surface area contributed by atoms with Gasteiger partial charge in [-0.3, -0.25) is 4.79 Å². The Kier molecular flexibility index (Phi) is 1.84. The molecule has 1 aromatic heterocycles. The van der Waals surface area contributed by atoms with E-state index < -0.39 is 0 Å². The summed E-state index contributed by atoms with van der Waals surface area (Å²) >= 11 is 0. The van der Waals surface area contributed by atoms with Crippen molar-refractivity contribution in [3.63, 3.8) is 0 Å². The molecule has 1 atom stereocenters. The molecular weight excluding hydrogens is 202 g/mol. The summed E-state index contributed by atoms with van der Waals surface area (Å²) < 4.78 is 1.80. The molecule has 16 heavy (non-hydrogen) atoms. The minimum absolute atomic E-state index is 0.0900. The maximum Gasteiger partial charge on any atom is 0.254 e. The Morgan fingerprint density at radius 3 is 3.06 bits per heavy atom. The smallest absolute Gasteiger partial charge is 0.254 e. The summed E-state index contributed by atoms with van der Waals surface area (Å²) in [6.07, 6.45) is 1.96. The summed E-state index contributed by atoms with van der Waals surface area (Å²) in [5, 5.41) is 10.6. The zero-order valence-electron chi connectivity index (χ0n) is 9.10. The molecule has 0 saturated heterocycles. The van der Waals surface area contributed by atoms with Crippen LogP contribution in [0.1, 0.15) is 24.9 Å². The number of benzene rings is 1. The molecule has 0 amide bonds. The first-order chi connectivity index (χ1) is 7.68. The minimum atomic E-state index is -0.107. The van der Waals surface area contributed by atoms with Gasteiger partial charge in [0, 0.05) is 17.5 Å². The molecule has 0 bridgehead atoms. The lowest BCUT2D eigenvalue weighted by Gasteiger charge is -2.25. The second-order valence-corrected chi connectivity index (χ2v) is 4.44. The second-order valence-electron chi connectivity index (χ2n) is 4.44. The Labute approximate surface area is 93.0 Å². The molecule has 1 aliphatic heterocycles. The largest absolute Gasteiger partial charge is 0.507 e. The predicted octanol–water partition coefficient (Wildman–Crippen LogP) is 2.21. The highest BCUT2D eigenvalue weighted by molar-refractivity contribution is 5.88. The monoisotopic (exact) mass is 215 g/mol. The molecule has 1 aromatic carbocycles. The van der Waals surface area contributed by atoms with E-state index >= 15 is 0 Å². The van der Waals surface area contributed by atoms with Crippen LogP contribution >= 0.6 is 0 Å². The quantitative estimate of drug-likeness (QED) is 0.732. The molecule has 0 aliphatic carbocycles. The van der Waals surface area contributed by atoms with E-state index in [4.69, 9.17) is 0 Å². The predicted molar refractivity (Wildman–Crippen MR) is 62.9 cm³/mol. The highest BCUT2D eigenvalue weighted by atomic mass is 16.3. The van der Waals surface area contributed by atoms with Gasteiger partial charge < -0.3 is 9.67 Å². The summed E-state index contributed by atoms with van der Waals surface area (Å²) in [6, 6.07) is 7.35. The highest BCUT2D eigenvalue weighted by Crippen LogP contribution is 2.32. The first-order valence-corrected chi connectivity index (χ1v) is 5.54. The molecule has 0 spiro atoms. The molecule has 0 fully saturated rings. The van der Waals surface area contributed by atoms with Crippen molar-refractivity contribution in [1.82, 2.24) is 4.57 Å². The number of hydrogen-bond donors (Lipinski definition) is 1. The zero-order valence-corrected chi connectivity index (χ0v) is 9.10. The first-order valence-electron chi connectivity index (χ1n) is 5.54. The normalized spacial score (nSPS) is 18.9. The van der Waals surface area contributed by atoms with Crippen molar-refractivity contribution in [2.45, 2.75) is 25.8 Å². The van der Waals surface area contributed by atoms with Gasteiger partial charge in [0.1, 0.15) is 5.75 Å². The molecular formula is C13H13NO2. The lowest BCUT2D eigenvalue weighted by molar-refractivity contribution is 0.464. The molecule has 2 heterocycles. The molecule has 3 heteroatoms. The molecule has 3 rings (SSSR count). The average molecular weight is 215 g/mol. The number of nitrogens with zero attached hydrogens (tertiary/aromatic N) is 1. The standard InChI is InChI=1S/C13H13NO2/c1-8-5-6-9-3-2-4-10-11(15)7-12(16)14(8)13(9)10/h2-4,7-8,15H,5-6H2,1H3/t8-/m0/s1. The Hall–Kier alpha value is -1.77. The molecule has 0 radical (unpaired) electrons. The van der Waals surface area contributed by atoms with Gasteiger partial charge in [-0.25, -0.2) is 0 Å². The van der Waals surface area contributed by atoms with Gasteiger partial charge in [0.05, 0.1) is 5.52 Å². The number of hydrogen-bond acceptors (Lipinski definition) is 2. The van der Waals surface area contributed by atoms with E-state index in [1.807, 2.05) is 25.1 Å². The van der Waals surface area contributed by atoms with Gasteiger partial charge in [0.15, 0.2) is 0 Å². The summed E-state index contributed by atoms with van der Waals surface area (Å²) in [6.45, 7) is 2.05. The number of aromatic hydroxyl groups is 1. The van der Waals surface area contributed by atoms with Crippen LogP contribution in [0.2, 0.25) is 0 Å².